The number of aliphatic hydroxyl groups excluding tert-OH is 1. The van der Waals surface area contributed by atoms with Gasteiger partial charge in [-0.05, 0) is 14.0 Å². The van der Waals surface area contributed by atoms with Crippen LogP contribution in [0.5, 0.6) is 0 Å². The molecule has 0 rings (SSSR count). The Kier molecular flexibility index (Phi) is 7.37. The van der Waals surface area contributed by atoms with Crippen molar-refractivity contribution >= 4 is 5.97 Å². The summed E-state index contributed by atoms with van der Waals surface area (Å²) in [5.74, 6) is -0.976. The van der Waals surface area contributed by atoms with Crippen LogP contribution in [0.4, 0.5) is 0 Å². The number of nitrogens with zero attached hydrogens (tertiary/aromatic N) is 1. The summed E-state index contributed by atoms with van der Waals surface area (Å²) in [5, 5.41) is 17.7. The van der Waals surface area contributed by atoms with Gasteiger partial charge in [0.15, 0.2) is 0 Å². The molecule has 1 unspecified atom stereocenters. The average molecular weight is 205 g/mol. The molecule has 2 N–H and O–H groups in total. The van der Waals surface area contributed by atoms with Gasteiger partial charge >= 0.3 is 5.97 Å². The summed E-state index contributed by atoms with van der Waals surface area (Å²) in [4.78, 5) is 12.1. The molecule has 0 heterocycles. The van der Waals surface area contributed by atoms with Crippen LogP contribution in [0, 0.1) is 0 Å². The van der Waals surface area contributed by atoms with Crippen LogP contribution >= 0.6 is 0 Å². The summed E-state index contributed by atoms with van der Waals surface area (Å²) >= 11 is 0. The van der Waals surface area contributed by atoms with E-state index >= 15 is 0 Å². The largest absolute Gasteiger partial charge is 0.481 e. The molecule has 0 aromatic rings. The summed E-state index contributed by atoms with van der Waals surface area (Å²) in [6, 6.07) is 0. The van der Waals surface area contributed by atoms with Crippen molar-refractivity contribution in [3.05, 3.63) is 0 Å². The Morgan fingerprint density at radius 1 is 1.57 bits per heavy atom. The minimum atomic E-state index is -0.976. The van der Waals surface area contributed by atoms with Gasteiger partial charge in [-0.2, -0.15) is 0 Å². The molecule has 0 aromatic carbocycles. The van der Waals surface area contributed by atoms with Gasteiger partial charge in [0.05, 0.1) is 19.1 Å². The molecule has 0 bridgehead atoms. The number of rotatable bonds is 8. The smallest absolute Gasteiger partial charge is 0.306 e. The average Bonchev–Trinajstić information content (AvgIpc) is 2.02. The van der Waals surface area contributed by atoms with Gasteiger partial charge in [0, 0.05) is 19.7 Å². The van der Waals surface area contributed by atoms with Gasteiger partial charge in [0.2, 0.25) is 0 Å². The lowest BCUT2D eigenvalue weighted by atomic mass is 10.2. The molecule has 0 radical (unpaired) electrons. The minimum absolute atomic E-state index is 0.209. The van der Waals surface area contributed by atoms with Gasteiger partial charge in [-0.25, -0.2) is 0 Å². The lowest BCUT2D eigenvalue weighted by Crippen LogP contribution is -2.33. The van der Waals surface area contributed by atoms with Gasteiger partial charge < -0.3 is 19.8 Å². The highest BCUT2D eigenvalue weighted by Crippen LogP contribution is 1.95. The first-order valence-electron chi connectivity index (χ1n) is 4.72. The number of hydrogen-bond donors (Lipinski definition) is 2. The van der Waals surface area contributed by atoms with Crippen LogP contribution in [-0.2, 0) is 9.53 Å². The number of aliphatic carboxylic acids is 1. The predicted molar refractivity (Wildman–Crippen MR) is 52.2 cm³/mol. The number of carboxylic acids is 1. The maximum Gasteiger partial charge on any atom is 0.306 e. The molecule has 0 aliphatic carbocycles. The van der Waals surface area contributed by atoms with Crippen LogP contribution < -0.4 is 0 Å². The molecule has 84 valence electrons. The van der Waals surface area contributed by atoms with Crippen molar-refractivity contribution in [2.24, 2.45) is 0 Å². The van der Waals surface area contributed by atoms with E-state index in [0.29, 0.717) is 26.3 Å². The Hall–Kier alpha value is -0.650. The molecule has 0 spiro atoms. The number of carboxylic acid groups (broad SMARTS) is 1. The van der Waals surface area contributed by atoms with Crippen molar-refractivity contribution in [1.82, 2.24) is 4.90 Å². The lowest BCUT2D eigenvalue weighted by molar-refractivity contribution is -0.139. The topological polar surface area (TPSA) is 70.0 Å². The number of aliphatic hydroxyl groups is 1. The van der Waals surface area contributed by atoms with Crippen LogP contribution in [0.3, 0.4) is 0 Å². The van der Waals surface area contributed by atoms with E-state index in [-0.39, 0.29) is 6.42 Å². The zero-order chi connectivity index (χ0) is 11.0. The van der Waals surface area contributed by atoms with Gasteiger partial charge in [0.1, 0.15) is 0 Å². The van der Waals surface area contributed by atoms with Crippen LogP contribution in [-0.4, -0.2) is 60.5 Å². The fraction of sp³-hybridized carbons (Fsp3) is 0.889. The maximum atomic E-state index is 10.2. The number of likely N-dealkylation sites (N-methyl/N-ethyl adjacent to an activating group) is 1. The fourth-order valence-electron chi connectivity index (χ4n) is 1.08. The highest BCUT2D eigenvalue weighted by atomic mass is 16.5. The second-order valence-electron chi connectivity index (χ2n) is 3.21. The van der Waals surface area contributed by atoms with Crippen molar-refractivity contribution in [1.29, 1.82) is 0 Å². The molecule has 0 amide bonds. The van der Waals surface area contributed by atoms with E-state index in [1.54, 1.807) is 0 Å². The lowest BCUT2D eigenvalue weighted by Gasteiger charge is -2.19. The number of hydrogen-bond acceptors (Lipinski definition) is 4. The van der Waals surface area contributed by atoms with Gasteiger partial charge in [-0.3, -0.25) is 4.79 Å². The Morgan fingerprint density at radius 2 is 2.21 bits per heavy atom. The van der Waals surface area contributed by atoms with Crippen molar-refractivity contribution in [3.63, 3.8) is 0 Å². The summed E-state index contributed by atoms with van der Waals surface area (Å²) in [6.45, 7) is 4.25. The SMILES string of the molecule is CCOCCN(C)CC(O)CC(=O)O. The second kappa shape index (κ2) is 7.73. The molecular formula is C9H19NO4. The molecule has 1 atom stereocenters. The van der Waals surface area contributed by atoms with E-state index in [0.717, 1.165) is 0 Å². The van der Waals surface area contributed by atoms with E-state index in [9.17, 15) is 9.90 Å². The first kappa shape index (κ1) is 13.4. The Bertz CT molecular complexity index is 163. The first-order valence-corrected chi connectivity index (χ1v) is 4.72. The summed E-state index contributed by atoms with van der Waals surface area (Å²) in [6.07, 6.45) is -1.02. The highest BCUT2D eigenvalue weighted by molar-refractivity contribution is 5.67. The van der Waals surface area contributed by atoms with E-state index in [4.69, 9.17) is 9.84 Å². The normalized spacial score (nSPS) is 13.1. The van der Waals surface area contributed by atoms with Crippen LogP contribution in [0.2, 0.25) is 0 Å². The van der Waals surface area contributed by atoms with Crippen molar-refractivity contribution in [3.8, 4) is 0 Å². The monoisotopic (exact) mass is 205 g/mol. The second-order valence-corrected chi connectivity index (χ2v) is 3.21. The molecule has 5 nitrogen and oxygen atoms in total. The molecule has 0 aromatic heterocycles. The molecule has 5 heteroatoms. The molecule has 0 saturated heterocycles. The van der Waals surface area contributed by atoms with Gasteiger partial charge in [-0.1, -0.05) is 0 Å². The zero-order valence-corrected chi connectivity index (χ0v) is 8.77. The van der Waals surface area contributed by atoms with E-state index in [1.807, 2.05) is 18.9 Å². The Balaban J connectivity index is 3.49. The third kappa shape index (κ3) is 7.97. The van der Waals surface area contributed by atoms with E-state index in [1.165, 1.54) is 0 Å². The van der Waals surface area contributed by atoms with Crippen molar-refractivity contribution < 1.29 is 19.7 Å². The molecule has 0 aliphatic heterocycles. The number of carbonyl (C=O) groups is 1. The van der Waals surface area contributed by atoms with Crippen molar-refractivity contribution in [2.45, 2.75) is 19.4 Å². The fourth-order valence-corrected chi connectivity index (χ4v) is 1.08. The predicted octanol–water partition coefficient (Wildman–Crippen LogP) is -0.210. The number of ether oxygens (including phenoxy) is 1. The molecule has 0 fully saturated rings. The van der Waals surface area contributed by atoms with Crippen LogP contribution in [0.25, 0.3) is 0 Å². The first-order chi connectivity index (χ1) is 6.56. The zero-order valence-electron chi connectivity index (χ0n) is 8.77. The third-order valence-corrected chi connectivity index (χ3v) is 1.75. The third-order valence-electron chi connectivity index (χ3n) is 1.75. The van der Waals surface area contributed by atoms with Gasteiger partial charge in [0.25, 0.3) is 0 Å². The quantitative estimate of drug-likeness (QED) is 0.537. The summed E-state index contributed by atoms with van der Waals surface area (Å²) < 4.78 is 5.13. The summed E-state index contributed by atoms with van der Waals surface area (Å²) in [5.41, 5.74) is 0. The van der Waals surface area contributed by atoms with Crippen LogP contribution in [0.1, 0.15) is 13.3 Å². The van der Waals surface area contributed by atoms with Crippen LogP contribution in [0.15, 0.2) is 0 Å². The Labute approximate surface area is 84.3 Å². The molecule has 14 heavy (non-hydrogen) atoms. The minimum Gasteiger partial charge on any atom is -0.481 e. The molecule has 0 saturated carbocycles. The highest BCUT2D eigenvalue weighted by Gasteiger charge is 2.11. The molecule has 0 aliphatic rings. The molecular weight excluding hydrogens is 186 g/mol. The van der Waals surface area contributed by atoms with Gasteiger partial charge in [-0.15, -0.1) is 0 Å². The standard InChI is InChI=1S/C9H19NO4/c1-3-14-5-4-10(2)7-8(11)6-9(12)13/h8,11H,3-7H2,1-2H3,(H,12,13). The van der Waals surface area contributed by atoms with E-state index in [2.05, 4.69) is 0 Å². The van der Waals surface area contributed by atoms with Crippen molar-refractivity contribution in [2.75, 3.05) is 33.4 Å². The summed E-state index contributed by atoms with van der Waals surface area (Å²) in [7, 11) is 1.82. The van der Waals surface area contributed by atoms with E-state index < -0.39 is 12.1 Å². The Morgan fingerprint density at radius 3 is 2.71 bits per heavy atom. The maximum absolute atomic E-state index is 10.2.